The van der Waals surface area contributed by atoms with Gasteiger partial charge >= 0.3 is 0 Å². The topological polar surface area (TPSA) is 25.2 Å². The average molecular weight is 645 g/mol. The fourth-order valence-electron chi connectivity index (χ4n) is 7.34. The fraction of sp³-hybridized carbons (Fsp3) is 0.125. The van der Waals surface area contributed by atoms with E-state index in [9.17, 15) is 0 Å². The van der Waals surface area contributed by atoms with Crippen LogP contribution in [0.25, 0.3) is 82.5 Å². The van der Waals surface area contributed by atoms with Gasteiger partial charge in [-0.05, 0) is 125 Å². The number of aromatic nitrogens is 1. The normalized spacial score (nSPS) is 12.5. The molecule has 0 unspecified atom stereocenters. The molecule has 8 aromatic rings. The minimum absolute atomic E-state index is 0.0667. The van der Waals surface area contributed by atoms with E-state index in [-0.39, 0.29) is 5.41 Å². The van der Waals surface area contributed by atoms with E-state index in [1.807, 2.05) is 44.6 Å². The van der Waals surface area contributed by atoms with Gasteiger partial charge in [-0.25, -0.2) is 0 Å². The van der Waals surface area contributed by atoms with Gasteiger partial charge < -0.3 is 0 Å². The summed E-state index contributed by atoms with van der Waals surface area (Å²) in [5.74, 6) is 0. The Hall–Kier alpha value is -5.86. The molecular formula is C48H40N2. The molecule has 1 heterocycles. The number of rotatable bonds is 6. The summed E-state index contributed by atoms with van der Waals surface area (Å²) in [5.41, 5.74) is 13.2. The Morgan fingerprint density at radius 1 is 0.520 bits per heavy atom. The second-order valence-electron chi connectivity index (χ2n) is 14.1. The maximum atomic E-state index is 4.58. The first-order valence-corrected chi connectivity index (χ1v) is 17.5. The molecule has 0 atom stereocenters. The van der Waals surface area contributed by atoms with E-state index in [0.29, 0.717) is 0 Å². The van der Waals surface area contributed by atoms with Crippen LogP contribution in [0, 0.1) is 0 Å². The lowest BCUT2D eigenvalue weighted by Crippen LogP contribution is -2.10. The first kappa shape index (κ1) is 31.4. The molecule has 50 heavy (non-hydrogen) atoms. The number of hydrogen-bond donors (Lipinski definition) is 0. The Morgan fingerprint density at radius 2 is 0.980 bits per heavy atom. The van der Waals surface area contributed by atoms with E-state index < -0.39 is 0 Å². The number of allylic oxidation sites excluding steroid dienone is 1. The molecule has 7 aromatic carbocycles. The molecule has 0 aliphatic rings. The molecule has 1 aromatic heterocycles. The van der Waals surface area contributed by atoms with E-state index >= 15 is 0 Å². The summed E-state index contributed by atoms with van der Waals surface area (Å²) in [4.78, 5) is 8.74. The van der Waals surface area contributed by atoms with Crippen LogP contribution in [0.1, 0.15) is 45.7 Å². The smallest absolute Gasteiger partial charge is 0.0655 e. The molecule has 0 aliphatic carbocycles. The Balaban J connectivity index is 1.29. The largest absolute Gasteiger partial charge is 0.265 e. The first-order valence-electron chi connectivity index (χ1n) is 17.5. The number of nitrogens with zero attached hydrogens (tertiary/aromatic N) is 2. The number of pyridine rings is 1. The van der Waals surface area contributed by atoms with E-state index in [1.165, 1.54) is 82.4 Å². The standard InChI is InChI=1S/C48H40N2/c1-6-45(50-7-2)37-18-16-36(17-19-37)44-30-43(35-14-12-32(13-15-35)31-8-10-33(11-9-31)34-24-26-49-27-25-34)41-22-20-38-28-40(48(3,4)5)29-39-21-23-42(44)47(41)46(38)39/h6-30H,1-5H3/b45-6-,50-7-. The van der Waals surface area contributed by atoms with Crippen molar-refractivity contribution in [2.75, 3.05) is 0 Å². The predicted molar refractivity (Wildman–Crippen MR) is 216 cm³/mol. The van der Waals surface area contributed by atoms with Gasteiger partial charge in [0.25, 0.3) is 0 Å². The second kappa shape index (κ2) is 12.5. The van der Waals surface area contributed by atoms with E-state index in [4.69, 9.17) is 0 Å². The van der Waals surface area contributed by atoms with E-state index in [1.54, 1.807) is 0 Å². The molecule has 0 N–H and O–H groups in total. The highest BCUT2D eigenvalue weighted by atomic mass is 14.7. The van der Waals surface area contributed by atoms with Gasteiger partial charge in [0, 0.05) is 18.6 Å². The van der Waals surface area contributed by atoms with Crippen LogP contribution in [0.5, 0.6) is 0 Å². The van der Waals surface area contributed by atoms with Crippen molar-refractivity contribution in [2.45, 2.75) is 40.0 Å². The third-order valence-electron chi connectivity index (χ3n) is 10.0. The molecule has 0 bridgehead atoms. The zero-order valence-corrected chi connectivity index (χ0v) is 29.3. The molecule has 0 saturated carbocycles. The number of benzene rings is 7. The van der Waals surface area contributed by atoms with Gasteiger partial charge in [-0.2, -0.15) is 0 Å². The predicted octanol–water partition coefficient (Wildman–Crippen LogP) is 13.4. The zero-order valence-electron chi connectivity index (χ0n) is 29.3. The zero-order chi connectivity index (χ0) is 34.4. The van der Waals surface area contributed by atoms with Gasteiger partial charge in [0.15, 0.2) is 0 Å². The maximum absolute atomic E-state index is 4.58. The highest BCUT2D eigenvalue weighted by molar-refractivity contribution is 6.28. The van der Waals surface area contributed by atoms with Crippen LogP contribution in [-0.2, 0) is 5.41 Å². The minimum atomic E-state index is 0.0667. The van der Waals surface area contributed by atoms with Gasteiger partial charge in [0.1, 0.15) is 0 Å². The Kier molecular flexibility index (Phi) is 7.88. The third kappa shape index (κ3) is 5.57. The minimum Gasteiger partial charge on any atom is -0.265 e. The van der Waals surface area contributed by atoms with Gasteiger partial charge in [0.05, 0.1) is 5.70 Å². The molecule has 0 amide bonds. The van der Waals surface area contributed by atoms with Crippen LogP contribution in [-0.4, -0.2) is 11.2 Å². The fourth-order valence-corrected chi connectivity index (χ4v) is 7.34. The summed E-state index contributed by atoms with van der Waals surface area (Å²) in [6, 6.07) is 47.3. The lowest BCUT2D eigenvalue weighted by molar-refractivity contribution is 0.591. The SMILES string of the molecule is C/C=N\C(=C/C)c1ccc(-c2cc(-c3ccc(-c4ccc(-c5ccncc5)cc4)cc3)c3ccc4cc(C(C)(C)C)cc5ccc2c3c54)cc1. The van der Waals surface area contributed by atoms with Crippen molar-refractivity contribution in [3.63, 3.8) is 0 Å². The maximum Gasteiger partial charge on any atom is 0.0655 e. The van der Waals surface area contributed by atoms with Crippen LogP contribution < -0.4 is 0 Å². The van der Waals surface area contributed by atoms with Gasteiger partial charge in [-0.1, -0.05) is 136 Å². The van der Waals surface area contributed by atoms with Gasteiger partial charge in [-0.15, -0.1) is 0 Å². The summed E-state index contributed by atoms with van der Waals surface area (Å²) < 4.78 is 0. The highest BCUT2D eigenvalue weighted by Crippen LogP contribution is 2.45. The highest BCUT2D eigenvalue weighted by Gasteiger charge is 2.20. The molecule has 2 heteroatoms. The molecule has 2 nitrogen and oxygen atoms in total. The van der Waals surface area contributed by atoms with Crippen molar-refractivity contribution in [3.8, 4) is 44.5 Å². The number of aliphatic imine (C=N–C) groups is 1. The lowest BCUT2D eigenvalue weighted by atomic mass is 9.81. The van der Waals surface area contributed by atoms with Crippen molar-refractivity contribution in [1.29, 1.82) is 0 Å². The quantitative estimate of drug-likeness (QED) is 0.131. The monoisotopic (exact) mass is 644 g/mol. The molecule has 0 spiro atoms. The molecule has 242 valence electrons. The van der Waals surface area contributed by atoms with Crippen molar-refractivity contribution in [3.05, 3.63) is 157 Å². The summed E-state index contributed by atoms with van der Waals surface area (Å²) in [7, 11) is 0. The Bertz CT molecular complexity index is 2510. The molecule has 8 rings (SSSR count). The van der Waals surface area contributed by atoms with Crippen molar-refractivity contribution in [2.24, 2.45) is 4.99 Å². The number of hydrogen-bond acceptors (Lipinski definition) is 2. The van der Waals surface area contributed by atoms with Crippen LogP contribution >= 0.6 is 0 Å². The molecular weight excluding hydrogens is 605 g/mol. The van der Waals surface area contributed by atoms with Crippen LogP contribution in [0.15, 0.2) is 151 Å². The average Bonchev–Trinajstić information content (AvgIpc) is 3.16. The summed E-state index contributed by atoms with van der Waals surface area (Å²) >= 11 is 0. The van der Waals surface area contributed by atoms with Gasteiger partial charge in [-0.3, -0.25) is 9.98 Å². The van der Waals surface area contributed by atoms with Crippen LogP contribution in [0.2, 0.25) is 0 Å². The van der Waals surface area contributed by atoms with Crippen molar-refractivity contribution < 1.29 is 0 Å². The van der Waals surface area contributed by atoms with E-state index in [0.717, 1.165) is 11.3 Å². The van der Waals surface area contributed by atoms with Crippen LogP contribution in [0.4, 0.5) is 0 Å². The summed E-state index contributed by atoms with van der Waals surface area (Å²) in [6.07, 6.45) is 7.60. The molecule has 0 saturated heterocycles. The van der Waals surface area contributed by atoms with E-state index in [2.05, 4.69) is 152 Å². The molecule has 0 aliphatic heterocycles. The van der Waals surface area contributed by atoms with Crippen molar-refractivity contribution in [1.82, 2.24) is 4.98 Å². The third-order valence-corrected chi connectivity index (χ3v) is 10.0. The summed E-state index contributed by atoms with van der Waals surface area (Å²) in [5, 5.41) is 7.82. The Labute approximate surface area is 294 Å². The van der Waals surface area contributed by atoms with Gasteiger partial charge in [0.2, 0.25) is 0 Å². The molecule has 0 radical (unpaired) electrons. The first-order chi connectivity index (χ1) is 24.3. The van der Waals surface area contributed by atoms with Crippen molar-refractivity contribution >= 4 is 44.2 Å². The Morgan fingerprint density at radius 3 is 1.44 bits per heavy atom. The van der Waals surface area contributed by atoms with Crippen LogP contribution in [0.3, 0.4) is 0 Å². The summed E-state index contributed by atoms with van der Waals surface area (Å²) in [6.45, 7) is 10.9. The second-order valence-corrected chi connectivity index (χ2v) is 14.1. The molecule has 0 fully saturated rings. The lowest BCUT2D eigenvalue weighted by Gasteiger charge is -2.23.